The fourth-order valence-electron chi connectivity index (χ4n) is 1.37. The summed E-state index contributed by atoms with van der Waals surface area (Å²) in [7, 11) is 0. The van der Waals surface area contributed by atoms with E-state index in [0.29, 0.717) is 5.92 Å². The summed E-state index contributed by atoms with van der Waals surface area (Å²) < 4.78 is 5.20. The van der Waals surface area contributed by atoms with Crippen LogP contribution in [0, 0.1) is 0 Å². The summed E-state index contributed by atoms with van der Waals surface area (Å²) in [5, 5.41) is 0. The zero-order chi connectivity index (χ0) is 10.6. The summed E-state index contributed by atoms with van der Waals surface area (Å²) in [6.07, 6.45) is 1.50. The van der Waals surface area contributed by atoms with Crippen LogP contribution in [0.2, 0.25) is 0 Å². The van der Waals surface area contributed by atoms with Crippen LogP contribution in [-0.2, 0) is 0 Å². The molecular formula is C12H17NO. The lowest BCUT2D eigenvalue weighted by Crippen LogP contribution is -1.87. The molecule has 0 aliphatic rings. The molecule has 0 fully saturated rings. The number of hydrogen-bond acceptors (Lipinski definition) is 2. The molecule has 0 radical (unpaired) electrons. The van der Waals surface area contributed by atoms with E-state index in [2.05, 4.69) is 24.9 Å². The third kappa shape index (κ3) is 1.95. The predicted octanol–water partition coefficient (Wildman–Crippen LogP) is 3.98. The van der Waals surface area contributed by atoms with Crippen molar-refractivity contribution in [3.63, 3.8) is 0 Å². The van der Waals surface area contributed by atoms with Gasteiger partial charge in [0.05, 0.1) is 0 Å². The van der Waals surface area contributed by atoms with Crippen LogP contribution < -0.4 is 0 Å². The van der Waals surface area contributed by atoms with Gasteiger partial charge in [-0.3, -0.25) is 0 Å². The number of aromatic nitrogens is 1. The molecule has 1 heterocycles. The lowest BCUT2D eigenvalue weighted by Gasteiger charge is -2.03. The standard InChI is InChI=1S/C10H11NO.C2H6/c1-7(2)8-4-3-5-9-10(8)11-6-12-9;1-2/h3-7H,1-2H3;1-2H3. The molecule has 0 saturated carbocycles. The Labute approximate surface area is 85.0 Å². The molecule has 1 aromatic carbocycles. The molecule has 0 saturated heterocycles. The highest BCUT2D eigenvalue weighted by Crippen LogP contribution is 2.23. The van der Waals surface area contributed by atoms with Crippen molar-refractivity contribution in [3.05, 3.63) is 30.2 Å². The Morgan fingerprint density at radius 2 is 1.93 bits per heavy atom. The molecule has 2 nitrogen and oxygen atoms in total. The van der Waals surface area contributed by atoms with Crippen molar-refractivity contribution in [3.8, 4) is 0 Å². The molecule has 0 unspecified atom stereocenters. The van der Waals surface area contributed by atoms with E-state index in [1.165, 1.54) is 12.0 Å². The molecule has 0 aliphatic carbocycles. The van der Waals surface area contributed by atoms with Crippen LogP contribution in [0.5, 0.6) is 0 Å². The minimum Gasteiger partial charge on any atom is -0.443 e. The molecule has 2 heteroatoms. The van der Waals surface area contributed by atoms with Crippen molar-refractivity contribution >= 4 is 11.1 Å². The Balaban J connectivity index is 0.000000461. The fraction of sp³-hybridized carbons (Fsp3) is 0.417. The third-order valence-corrected chi connectivity index (χ3v) is 2.01. The highest BCUT2D eigenvalue weighted by atomic mass is 16.3. The number of rotatable bonds is 1. The zero-order valence-electron chi connectivity index (χ0n) is 9.24. The quantitative estimate of drug-likeness (QED) is 0.681. The van der Waals surface area contributed by atoms with Crippen molar-refractivity contribution in [2.24, 2.45) is 0 Å². The topological polar surface area (TPSA) is 26.0 Å². The van der Waals surface area contributed by atoms with Gasteiger partial charge >= 0.3 is 0 Å². The molecule has 0 atom stereocenters. The van der Waals surface area contributed by atoms with Gasteiger partial charge in [-0.25, -0.2) is 4.98 Å². The molecule has 14 heavy (non-hydrogen) atoms. The first-order valence-electron chi connectivity index (χ1n) is 5.11. The number of para-hydroxylation sites is 1. The van der Waals surface area contributed by atoms with Gasteiger partial charge in [0.25, 0.3) is 0 Å². The smallest absolute Gasteiger partial charge is 0.181 e. The largest absolute Gasteiger partial charge is 0.443 e. The number of nitrogens with zero attached hydrogens (tertiary/aromatic N) is 1. The van der Waals surface area contributed by atoms with Gasteiger partial charge in [-0.2, -0.15) is 0 Å². The molecule has 2 aromatic rings. The van der Waals surface area contributed by atoms with E-state index in [4.69, 9.17) is 4.42 Å². The fourth-order valence-corrected chi connectivity index (χ4v) is 1.37. The van der Waals surface area contributed by atoms with Crippen molar-refractivity contribution < 1.29 is 4.42 Å². The summed E-state index contributed by atoms with van der Waals surface area (Å²) in [6.45, 7) is 8.31. The van der Waals surface area contributed by atoms with Gasteiger partial charge in [-0.1, -0.05) is 39.8 Å². The number of fused-ring (bicyclic) bond motifs is 1. The molecule has 0 N–H and O–H groups in total. The number of benzene rings is 1. The van der Waals surface area contributed by atoms with E-state index in [9.17, 15) is 0 Å². The van der Waals surface area contributed by atoms with Gasteiger partial charge in [0.15, 0.2) is 12.0 Å². The predicted molar refractivity (Wildman–Crippen MR) is 59.4 cm³/mol. The zero-order valence-corrected chi connectivity index (χ0v) is 9.24. The van der Waals surface area contributed by atoms with E-state index in [1.807, 2.05) is 26.0 Å². The Bertz CT molecular complexity index is 390. The van der Waals surface area contributed by atoms with Gasteiger partial charge in [0, 0.05) is 0 Å². The van der Waals surface area contributed by atoms with Crippen molar-refractivity contribution in [2.45, 2.75) is 33.6 Å². The van der Waals surface area contributed by atoms with Crippen LogP contribution in [-0.4, -0.2) is 4.98 Å². The molecule has 0 bridgehead atoms. The highest BCUT2D eigenvalue weighted by molar-refractivity contribution is 5.76. The second kappa shape index (κ2) is 4.80. The average Bonchev–Trinajstić information content (AvgIpc) is 2.67. The molecule has 76 valence electrons. The van der Waals surface area contributed by atoms with Crippen molar-refractivity contribution in [1.82, 2.24) is 4.98 Å². The Morgan fingerprint density at radius 1 is 1.21 bits per heavy atom. The van der Waals surface area contributed by atoms with E-state index in [-0.39, 0.29) is 0 Å². The van der Waals surface area contributed by atoms with Crippen LogP contribution in [0.3, 0.4) is 0 Å². The van der Waals surface area contributed by atoms with Gasteiger partial charge in [-0.05, 0) is 17.5 Å². The summed E-state index contributed by atoms with van der Waals surface area (Å²) in [6, 6.07) is 6.03. The van der Waals surface area contributed by atoms with Crippen molar-refractivity contribution in [1.29, 1.82) is 0 Å². The maximum Gasteiger partial charge on any atom is 0.181 e. The minimum absolute atomic E-state index is 0.499. The lowest BCUT2D eigenvalue weighted by molar-refractivity contribution is 0.602. The number of hydrogen-bond donors (Lipinski definition) is 0. The Hall–Kier alpha value is -1.31. The normalized spacial score (nSPS) is 10.1. The molecule has 1 aromatic heterocycles. The number of oxazole rings is 1. The van der Waals surface area contributed by atoms with Gasteiger partial charge in [0.2, 0.25) is 0 Å². The Morgan fingerprint density at radius 3 is 2.57 bits per heavy atom. The highest BCUT2D eigenvalue weighted by Gasteiger charge is 2.06. The second-order valence-corrected chi connectivity index (χ2v) is 3.20. The lowest BCUT2D eigenvalue weighted by atomic mass is 10.0. The molecular weight excluding hydrogens is 174 g/mol. The minimum atomic E-state index is 0.499. The van der Waals surface area contributed by atoms with E-state index in [0.717, 1.165) is 11.1 Å². The first-order chi connectivity index (χ1) is 6.79. The summed E-state index contributed by atoms with van der Waals surface area (Å²) in [5.41, 5.74) is 3.12. The van der Waals surface area contributed by atoms with Crippen LogP contribution in [0.1, 0.15) is 39.2 Å². The summed E-state index contributed by atoms with van der Waals surface area (Å²) in [5.74, 6) is 0.499. The van der Waals surface area contributed by atoms with Gasteiger partial charge in [0.1, 0.15) is 5.52 Å². The molecule has 2 rings (SSSR count). The van der Waals surface area contributed by atoms with E-state index < -0.39 is 0 Å². The van der Waals surface area contributed by atoms with Crippen LogP contribution in [0.25, 0.3) is 11.1 Å². The van der Waals surface area contributed by atoms with E-state index in [1.54, 1.807) is 0 Å². The Kier molecular flexibility index (Phi) is 3.69. The molecule has 0 aliphatic heterocycles. The summed E-state index contributed by atoms with van der Waals surface area (Å²) in [4.78, 5) is 4.17. The molecule has 0 spiro atoms. The van der Waals surface area contributed by atoms with Crippen LogP contribution in [0.4, 0.5) is 0 Å². The first kappa shape index (κ1) is 10.8. The average molecular weight is 191 g/mol. The monoisotopic (exact) mass is 191 g/mol. The second-order valence-electron chi connectivity index (χ2n) is 3.20. The third-order valence-electron chi connectivity index (χ3n) is 2.01. The van der Waals surface area contributed by atoms with E-state index >= 15 is 0 Å². The maximum absolute atomic E-state index is 5.20. The van der Waals surface area contributed by atoms with Crippen LogP contribution in [0.15, 0.2) is 29.0 Å². The van der Waals surface area contributed by atoms with Gasteiger partial charge < -0.3 is 4.42 Å². The first-order valence-corrected chi connectivity index (χ1v) is 5.11. The SMILES string of the molecule is CC.CC(C)c1cccc2ocnc12. The van der Waals surface area contributed by atoms with Gasteiger partial charge in [-0.15, -0.1) is 0 Å². The van der Waals surface area contributed by atoms with Crippen LogP contribution >= 0.6 is 0 Å². The van der Waals surface area contributed by atoms with Crippen molar-refractivity contribution in [2.75, 3.05) is 0 Å². The molecule has 0 amide bonds. The summed E-state index contributed by atoms with van der Waals surface area (Å²) >= 11 is 0. The maximum atomic E-state index is 5.20.